The average Bonchev–Trinajstić information content (AvgIpc) is 2.98. The molecule has 6 nitrogen and oxygen atoms in total. The van der Waals surface area contributed by atoms with Crippen molar-refractivity contribution < 1.29 is 31.9 Å². The SMILES string of the molecule is O=C1C(Nc2cccc(OC(F)(F)F)c2)=C(c2ccc(F)cc2)C(=O)N1Cc1cccnc1. The Balaban J connectivity index is 1.71. The molecule has 0 fully saturated rings. The Morgan fingerprint density at radius 1 is 0.970 bits per heavy atom. The molecule has 0 aliphatic carbocycles. The summed E-state index contributed by atoms with van der Waals surface area (Å²) in [4.78, 5) is 31.3. The number of imide groups is 1. The highest BCUT2D eigenvalue weighted by Gasteiger charge is 2.39. The maximum Gasteiger partial charge on any atom is 0.573 e. The first kappa shape index (κ1) is 22.0. The van der Waals surface area contributed by atoms with E-state index in [0.717, 1.165) is 29.2 Å². The van der Waals surface area contributed by atoms with Crippen molar-refractivity contribution in [2.75, 3.05) is 5.32 Å². The van der Waals surface area contributed by atoms with Crippen molar-refractivity contribution in [3.05, 3.63) is 95.7 Å². The smallest absolute Gasteiger partial charge is 0.406 e. The molecule has 1 aromatic heterocycles. The fraction of sp³-hybridized carbons (Fsp3) is 0.0870. The molecular formula is C23H15F4N3O3. The Hall–Kier alpha value is -4.21. The summed E-state index contributed by atoms with van der Waals surface area (Å²) in [6.07, 6.45) is -1.85. The summed E-state index contributed by atoms with van der Waals surface area (Å²) in [6.45, 7) is -0.0708. The fourth-order valence-corrected chi connectivity index (χ4v) is 3.31. The molecule has 0 bridgehead atoms. The van der Waals surface area contributed by atoms with Crippen LogP contribution in [0.2, 0.25) is 0 Å². The Kier molecular flexibility index (Phi) is 5.82. The van der Waals surface area contributed by atoms with Gasteiger partial charge in [0.25, 0.3) is 11.8 Å². The molecule has 1 aliphatic rings. The third-order valence-corrected chi connectivity index (χ3v) is 4.70. The molecule has 1 aliphatic heterocycles. The highest BCUT2D eigenvalue weighted by Crippen LogP contribution is 2.33. The number of anilines is 1. The van der Waals surface area contributed by atoms with Crippen LogP contribution in [0.15, 0.2) is 78.8 Å². The summed E-state index contributed by atoms with van der Waals surface area (Å²) in [6, 6.07) is 13.2. The van der Waals surface area contributed by atoms with Gasteiger partial charge in [0.15, 0.2) is 0 Å². The van der Waals surface area contributed by atoms with E-state index in [1.165, 1.54) is 30.5 Å². The minimum atomic E-state index is -4.89. The fourth-order valence-electron chi connectivity index (χ4n) is 3.31. The number of nitrogens with zero attached hydrogens (tertiary/aromatic N) is 2. The summed E-state index contributed by atoms with van der Waals surface area (Å²) in [5, 5.41) is 2.74. The van der Waals surface area contributed by atoms with Gasteiger partial charge >= 0.3 is 6.36 Å². The molecule has 2 aromatic carbocycles. The van der Waals surface area contributed by atoms with Crippen LogP contribution in [0.1, 0.15) is 11.1 Å². The first-order valence-electron chi connectivity index (χ1n) is 9.59. The quantitative estimate of drug-likeness (QED) is 0.436. The van der Waals surface area contributed by atoms with Gasteiger partial charge < -0.3 is 10.1 Å². The van der Waals surface area contributed by atoms with Crippen molar-refractivity contribution >= 4 is 23.1 Å². The number of rotatable bonds is 6. The van der Waals surface area contributed by atoms with Crippen LogP contribution >= 0.6 is 0 Å². The van der Waals surface area contributed by atoms with Crippen LogP contribution in [0.3, 0.4) is 0 Å². The maximum absolute atomic E-state index is 13.4. The van der Waals surface area contributed by atoms with Crippen molar-refractivity contribution in [2.24, 2.45) is 0 Å². The van der Waals surface area contributed by atoms with Crippen LogP contribution in [-0.4, -0.2) is 28.1 Å². The Morgan fingerprint density at radius 3 is 2.39 bits per heavy atom. The predicted molar refractivity (Wildman–Crippen MR) is 110 cm³/mol. The monoisotopic (exact) mass is 457 g/mol. The molecule has 3 aromatic rings. The number of nitrogens with one attached hydrogen (secondary N) is 1. The number of amides is 2. The maximum atomic E-state index is 13.4. The minimum Gasteiger partial charge on any atom is -0.406 e. The summed E-state index contributed by atoms with van der Waals surface area (Å²) in [5.41, 5.74) is 0.773. The first-order valence-corrected chi connectivity index (χ1v) is 9.59. The number of carbonyl (C=O) groups excluding carboxylic acids is 2. The van der Waals surface area contributed by atoms with E-state index < -0.39 is 29.7 Å². The third-order valence-electron chi connectivity index (χ3n) is 4.70. The summed E-state index contributed by atoms with van der Waals surface area (Å²) >= 11 is 0. The molecule has 0 spiro atoms. The van der Waals surface area contributed by atoms with Gasteiger partial charge in [0.2, 0.25) is 0 Å². The number of carbonyl (C=O) groups is 2. The van der Waals surface area contributed by atoms with E-state index >= 15 is 0 Å². The van der Waals surface area contributed by atoms with E-state index in [0.29, 0.717) is 5.56 Å². The predicted octanol–water partition coefficient (Wildman–Crippen LogP) is 4.51. The average molecular weight is 457 g/mol. The Morgan fingerprint density at radius 2 is 1.73 bits per heavy atom. The van der Waals surface area contributed by atoms with E-state index in [1.54, 1.807) is 18.3 Å². The van der Waals surface area contributed by atoms with Gasteiger partial charge in [0.05, 0.1) is 12.1 Å². The van der Waals surface area contributed by atoms with Crippen molar-refractivity contribution in [1.82, 2.24) is 9.88 Å². The highest BCUT2D eigenvalue weighted by atomic mass is 19.4. The molecule has 0 saturated carbocycles. The van der Waals surface area contributed by atoms with Gasteiger partial charge in [0.1, 0.15) is 17.3 Å². The number of halogens is 4. The van der Waals surface area contributed by atoms with Gasteiger partial charge in [-0.15, -0.1) is 13.2 Å². The molecule has 168 valence electrons. The second-order valence-electron chi connectivity index (χ2n) is 7.02. The van der Waals surface area contributed by atoms with Crippen LogP contribution in [0.5, 0.6) is 5.75 Å². The number of benzene rings is 2. The third kappa shape index (κ3) is 5.00. The largest absolute Gasteiger partial charge is 0.573 e. The number of alkyl halides is 3. The van der Waals surface area contributed by atoms with Gasteiger partial charge in [0, 0.05) is 24.1 Å². The number of hydrogen-bond donors (Lipinski definition) is 1. The zero-order chi connectivity index (χ0) is 23.6. The van der Waals surface area contributed by atoms with Crippen LogP contribution in [-0.2, 0) is 16.1 Å². The lowest BCUT2D eigenvalue weighted by Gasteiger charge is -2.15. The van der Waals surface area contributed by atoms with Crippen molar-refractivity contribution in [3.63, 3.8) is 0 Å². The lowest BCUT2D eigenvalue weighted by Crippen LogP contribution is -2.32. The van der Waals surface area contributed by atoms with Gasteiger partial charge in [-0.3, -0.25) is 19.5 Å². The zero-order valence-corrected chi connectivity index (χ0v) is 16.8. The van der Waals surface area contributed by atoms with E-state index in [4.69, 9.17) is 0 Å². The van der Waals surface area contributed by atoms with E-state index in [1.807, 2.05) is 0 Å². The molecular weight excluding hydrogens is 442 g/mol. The van der Waals surface area contributed by atoms with Crippen molar-refractivity contribution in [2.45, 2.75) is 12.9 Å². The normalized spacial score (nSPS) is 14.1. The van der Waals surface area contributed by atoms with E-state index in [-0.39, 0.29) is 29.1 Å². The molecule has 2 amide bonds. The van der Waals surface area contributed by atoms with Gasteiger partial charge in [-0.05, 0) is 41.5 Å². The molecule has 0 radical (unpaired) electrons. The van der Waals surface area contributed by atoms with Crippen LogP contribution in [0, 0.1) is 5.82 Å². The van der Waals surface area contributed by atoms with E-state index in [9.17, 15) is 27.2 Å². The van der Waals surface area contributed by atoms with Gasteiger partial charge in [-0.1, -0.05) is 24.3 Å². The second-order valence-corrected chi connectivity index (χ2v) is 7.02. The molecule has 4 rings (SSSR count). The second kappa shape index (κ2) is 8.73. The number of ether oxygens (including phenoxy) is 1. The molecule has 10 heteroatoms. The highest BCUT2D eigenvalue weighted by molar-refractivity contribution is 6.36. The Labute approximate surface area is 185 Å². The van der Waals surface area contributed by atoms with Crippen molar-refractivity contribution in [1.29, 1.82) is 0 Å². The minimum absolute atomic E-state index is 0.0361. The topological polar surface area (TPSA) is 71.5 Å². The molecule has 2 heterocycles. The first-order chi connectivity index (χ1) is 15.7. The zero-order valence-electron chi connectivity index (χ0n) is 16.8. The van der Waals surface area contributed by atoms with Crippen LogP contribution in [0.4, 0.5) is 23.2 Å². The number of hydrogen-bond acceptors (Lipinski definition) is 5. The number of aromatic nitrogens is 1. The molecule has 0 saturated heterocycles. The molecule has 0 atom stereocenters. The Bertz CT molecular complexity index is 1230. The molecule has 33 heavy (non-hydrogen) atoms. The lowest BCUT2D eigenvalue weighted by atomic mass is 10.0. The van der Waals surface area contributed by atoms with E-state index in [2.05, 4.69) is 15.0 Å². The molecule has 1 N–H and O–H groups in total. The van der Waals surface area contributed by atoms with Crippen LogP contribution < -0.4 is 10.1 Å². The van der Waals surface area contributed by atoms with Crippen LogP contribution in [0.25, 0.3) is 5.57 Å². The molecule has 0 unspecified atom stereocenters. The summed E-state index contributed by atoms with van der Waals surface area (Å²) in [7, 11) is 0. The lowest BCUT2D eigenvalue weighted by molar-refractivity contribution is -0.274. The van der Waals surface area contributed by atoms with Crippen molar-refractivity contribution in [3.8, 4) is 5.75 Å². The number of pyridine rings is 1. The standard InChI is InChI=1S/C23H15F4N3O3/c24-16-8-6-15(7-9-16)19-20(29-17-4-1-5-18(11-17)33-23(25,26)27)22(32)30(21(19)31)13-14-3-2-10-28-12-14/h1-12,29H,13H2. The van der Waals surface area contributed by atoms with Gasteiger partial charge in [-0.25, -0.2) is 4.39 Å². The van der Waals surface area contributed by atoms with Gasteiger partial charge in [-0.2, -0.15) is 0 Å². The summed E-state index contributed by atoms with van der Waals surface area (Å²) in [5.74, 6) is -2.36. The summed E-state index contributed by atoms with van der Waals surface area (Å²) < 4.78 is 55.1.